The molecule has 4 atom stereocenters. The second kappa shape index (κ2) is 9.41. The Morgan fingerprint density at radius 3 is 2.55 bits per heavy atom. The fourth-order valence-corrected chi connectivity index (χ4v) is 2.81. The minimum Gasteiger partial charge on any atom is -0.450 e. The number of aliphatic hydroxyl groups excluding tert-OH is 2. The zero-order chi connectivity index (χ0) is 21.8. The van der Waals surface area contributed by atoms with E-state index in [1.165, 1.54) is 17.2 Å². The van der Waals surface area contributed by atoms with E-state index in [-0.39, 0.29) is 11.5 Å². The number of phosphoric ester groups is 1. The van der Waals surface area contributed by atoms with Gasteiger partial charge in [0.2, 0.25) is 0 Å². The summed E-state index contributed by atoms with van der Waals surface area (Å²) in [5, 5.41) is 20.1. The van der Waals surface area contributed by atoms with E-state index >= 15 is 0 Å². The molecule has 2 aromatic rings. The average molecular weight is 436 g/mol. The third kappa shape index (κ3) is 5.80. The molecule has 1 aliphatic heterocycles. The Hall–Kier alpha value is -2.39. The Bertz CT molecular complexity index is 889. The highest BCUT2D eigenvalue weighted by molar-refractivity contribution is 7.46. The standard InChI is InChI=1S/C10H14N5O7P.C3H7NO2/c11-8-5-9(13-2-12-8)15(3-14-5)10-7(17)6(16)4(22-10)1-21-23(18,19)20;1-2-6-3(4)5/h2-4,6-7,10,16-17H,1H2,(H2,11,12,13)(H2,18,19,20);2H2,1H3,(H2,4,5)/t4-,6-,7-,10-;/m1./s1. The molecule has 2 aromatic heterocycles. The van der Waals surface area contributed by atoms with Gasteiger partial charge in [0.25, 0.3) is 0 Å². The van der Waals surface area contributed by atoms with Crippen molar-refractivity contribution in [3.8, 4) is 0 Å². The lowest BCUT2D eigenvalue weighted by Crippen LogP contribution is -2.33. The molecule has 0 saturated carbocycles. The first kappa shape index (κ1) is 22.9. The lowest BCUT2D eigenvalue weighted by atomic mass is 10.1. The van der Waals surface area contributed by atoms with Crippen molar-refractivity contribution < 1.29 is 43.4 Å². The first-order chi connectivity index (χ1) is 13.5. The van der Waals surface area contributed by atoms with Crippen LogP contribution in [-0.4, -0.2) is 77.1 Å². The molecule has 162 valence electrons. The lowest BCUT2D eigenvalue weighted by molar-refractivity contribution is -0.0504. The summed E-state index contributed by atoms with van der Waals surface area (Å²) in [6.45, 7) is 1.46. The van der Waals surface area contributed by atoms with Crippen molar-refractivity contribution in [2.24, 2.45) is 5.73 Å². The number of imidazole rings is 1. The van der Waals surface area contributed by atoms with Gasteiger partial charge in [0.1, 0.15) is 30.2 Å². The third-order valence-electron chi connectivity index (χ3n) is 3.69. The SMILES string of the molecule is CCOC(N)=O.Nc1ncnc2c1ncn2[C@@H]1O[C@H](COP(=O)(O)O)[C@@H](O)[C@H]1O. The van der Waals surface area contributed by atoms with E-state index < -0.39 is 45.1 Å². The second-order valence-electron chi connectivity index (χ2n) is 5.67. The largest absolute Gasteiger partial charge is 0.469 e. The number of carbonyl (C=O) groups is 1. The number of aromatic nitrogens is 4. The molecule has 3 rings (SSSR count). The lowest BCUT2D eigenvalue weighted by Gasteiger charge is -2.16. The number of aliphatic hydroxyl groups is 2. The van der Waals surface area contributed by atoms with E-state index in [2.05, 4.69) is 29.9 Å². The monoisotopic (exact) mass is 436 g/mol. The second-order valence-corrected chi connectivity index (χ2v) is 6.91. The molecule has 16 heteroatoms. The molecule has 0 aliphatic carbocycles. The first-order valence-corrected chi connectivity index (χ1v) is 9.65. The molecule has 0 aromatic carbocycles. The van der Waals surface area contributed by atoms with Crippen LogP contribution in [0.5, 0.6) is 0 Å². The molecule has 1 aliphatic rings. The highest BCUT2D eigenvalue weighted by Crippen LogP contribution is 2.38. The number of nitrogens with two attached hydrogens (primary N) is 2. The van der Waals surface area contributed by atoms with E-state index in [0.29, 0.717) is 12.1 Å². The normalized spacial score (nSPS) is 24.2. The summed E-state index contributed by atoms with van der Waals surface area (Å²) < 4.78 is 26.0. The fraction of sp³-hybridized carbons (Fsp3) is 0.538. The minimum atomic E-state index is -4.72. The predicted molar refractivity (Wildman–Crippen MR) is 94.9 cm³/mol. The van der Waals surface area contributed by atoms with Crippen molar-refractivity contribution in [2.45, 2.75) is 31.5 Å². The van der Waals surface area contributed by atoms with Crippen LogP contribution in [-0.2, 0) is 18.6 Å². The van der Waals surface area contributed by atoms with Crippen molar-refractivity contribution in [3.05, 3.63) is 12.7 Å². The van der Waals surface area contributed by atoms with Crippen LogP contribution in [0, 0.1) is 0 Å². The summed E-state index contributed by atoms with van der Waals surface area (Å²) in [5.74, 6) is 0.142. The van der Waals surface area contributed by atoms with Gasteiger partial charge in [-0.05, 0) is 6.92 Å². The van der Waals surface area contributed by atoms with Crippen LogP contribution in [0.25, 0.3) is 11.2 Å². The van der Waals surface area contributed by atoms with Crippen LogP contribution in [0.1, 0.15) is 13.2 Å². The van der Waals surface area contributed by atoms with Crippen LogP contribution in [0.2, 0.25) is 0 Å². The number of nitrogen functional groups attached to an aromatic ring is 1. The number of ether oxygens (including phenoxy) is 2. The Morgan fingerprint density at radius 1 is 1.31 bits per heavy atom. The minimum absolute atomic E-state index is 0.142. The number of fused-ring (bicyclic) bond motifs is 1. The number of carbonyl (C=O) groups excluding carboxylic acids is 1. The van der Waals surface area contributed by atoms with Crippen molar-refractivity contribution in [1.82, 2.24) is 19.5 Å². The maximum Gasteiger partial charge on any atom is 0.469 e. The van der Waals surface area contributed by atoms with Gasteiger partial charge in [0.05, 0.1) is 19.5 Å². The van der Waals surface area contributed by atoms with Gasteiger partial charge >= 0.3 is 13.9 Å². The molecule has 0 bridgehead atoms. The van der Waals surface area contributed by atoms with Crippen LogP contribution >= 0.6 is 7.82 Å². The number of phosphoric acid groups is 1. The Morgan fingerprint density at radius 2 is 2.00 bits per heavy atom. The molecule has 1 fully saturated rings. The van der Waals surface area contributed by atoms with Gasteiger partial charge in [-0.1, -0.05) is 0 Å². The first-order valence-electron chi connectivity index (χ1n) is 8.12. The molecule has 0 radical (unpaired) electrons. The molecule has 1 amide bonds. The third-order valence-corrected chi connectivity index (χ3v) is 4.18. The Kier molecular flexibility index (Phi) is 7.43. The molecule has 0 spiro atoms. The summed E-state index contributed by atoms with van der Waals surface area (Å²) >= 11 is 0. The van der Waals surface area contributed by atoms with E-state index in [1.54, 1.807) is 6.92 Å². The van der Waals surface area contributed by atoms with Crippen molar-refractivity contribution in [2.75, 3.05) is 18.9 Å². The van der Waals surface area contributed by atoms with Crippen LogP contribution in [0.4, 0.5) is 10.6 Å². The van der Waals surface area contributed by atoms with Crippen LogP contribution in [0.15, 0.2) is 12.7 Å². The number of rotatable bonds is 5. The quantitative estimate of drug-likeness (QED) is 0.285. The number of hydrogen-bond donors (Lipinski definition) is 6. The molecule has 29 heavy (non-hydrogen) atoms. The molecular formula is C13H21N6O9P. The fourth-order valence-electron chi connectivity index (χ4n) is 2.47. The van der Waals surface area contributed by atoms with Crippen molar-refractivity contribution >= 4 is 30.9 Å². The zero-order valence-electron chi connectivity index (χ0n) is 15.1. The van der Waals surface area contributed by atoms with Crippen LogP contribution in [0.3, 0.4) is 0 Å². The molecular weight excluding hydrogens is 415 g/mol. The van der Waals surface area contributed by atoms with E-state index in [4.69, 9.17) is 20.3 Å². The smallest absolute Gasteiger partial charge is 0.450 e. The summed E-state index contributed by atoms with van der Waals surface area (Å²) in [7, 11) is -4.72. The molecule has 3 heterocycles. The number of anilines is 1. The van der Waals surface area contributed by atoms with Gasteiger partial charge < -0.3 is 40.9 Å². The average Bonchev–Trinajstić information content (AvgIpc) is 3.16. The van der Waals surface area contributed by atoms with Gasteiger partial charge in [-0.15, -0.1) is 0 Å². The summed E-state index contributed by atoms with van der Waals surface area (Å²) in [6, 6.07) is 0. The van der Waals surface area contributed by atoms with E-state index in [0.717, 1.165) is 0 Å². The number of amides is 1. The molecule has 1 saturated heterocycles. The summed E-state index contributed by atoms with van der Waals surface area (Å²) in [5.41, 5.74) is 10.8. The maximum atomic E-state index is 10.7. The van der Waals surface area contributed by atoms with Gasteiger partial charge in [-0.25, -0.2) is 24.3 Å². The number of hydrogen-bond acceptors (Lipinski definition) is 11. The van der Waals surface area contributed by atoms with Crippen molar-refractivity contribution in [1.29, 1.82) is 0 Å². The molecule has 15 nitrogen and oxygen atoms in total. The summed E-state index contributed by atoms with van der Waals surface area (Å²) in [6.07, 6.45) is -3.20. The van der Waals surface area contributed by atoms with Gasteiger partial charge in [-0.3, -0.25) is 9.09 Å². The number of nitrogens with zero attached hydrogens (tertiary/aromatic N) is 4. The highest BCUT2D eigenvalue weighted by atomic mass is 31.2. The highest BCUT2D eigenvalue weighted by Gasteiger charge is 2.45. The van der Waals surface area contributed by atoms with Crippen LogP contribution < -0.4 is 11.5 Å². The molecule has 8 N–H and O–H groups in total. The maximum absolute atomic E-state index is 10.7. The predicted octanol–water partition coefficient (Wildman–Crippen LogP) is -1.76. The Labute approximate surface area is 163 Å². The van der Waals surface area contributed by atoms with Gasteiger partial charge in [0, 0.05) is 0 Å². The van der Waals surface area contributed by atoms with Crippen molar-refractivity contribution in [3.63, 3.8) is 0 Å². The summed E-state index contributed by atoms with van der Waals surface area (Å²) in [4.78, 5) is 38.8. The molecule has 0 unspecified atom stereocenters. The van der Waals surface area contributed by atoms with Gasteiger partial charge in [0.15, 0.2) is 17.7 Å². The zero-order valence-corrected chi connectivity index (χ0v) is 16.0. The Balaban J connectivity index is 0.000000438. The van der Waals surface area contributed by atoms with E-state index in [1.807, 2.05) is 0 Å². The van der Waals surface area contributed by atoms with Gasteiger partial charge in [-0.2, -0.15) is 0 Å². The topological polar surface area (TPSA) is 238 Å². The number of primary amides is 1. The van der Waals surface area contributed by atoms with E-state index in [9.17, 15) is 19.6 Å².